The van der Waals surface area contributed by atoms with E-state index in [4.69, 9.17) is 11.6 Å². The van der Waals surface area contributed by atoms with E-state index in [9.17, 15) is 0 Å². The maximum absolute atomic E-state index is 6.01. The highest BCUT2D eigenvalue weighted by molar-refractivity contribution is 6.30. The first kappa shape index (κ1) is 12.6. The summed E-state index contributed by atoms with van der Waals surface area (Å²) in [5, 5.41) is 4.36. The summed E-state index contributed by atoms with van der Waals surface area (Å²) < 4.78 is 2.02. The molecule has 5 heteroatoms. The van der Waals surface area contributed by atoms with Crippen LogP contribution >= 0.6 is 11.6 Å². The summed E-state index contributed by atoms with van der Waals surface area (Å²) in [6.07, 6.45) is 6.60. The maximum atomic E-state index is 6.01. The summed E-state index contributed by atoms with van der Waals surface area (Å²) in [7, 11) is 0. The lowest BCUT2D eigenvalue weighted by Crippen LogP contribution is -2.43. The Balaban J connectivity index is 1.49. The van der Waals surface area contributed by atoms with Gasteiger partial charge >= 0.3 is 0 Å². The Kier molecular flexibility index (Phi) is 3.17. The summed E-state index contributed by atoms with van der Waals surface area (Å²) in [4.78, 5) is 7.22. The molecular formula is C15H19ClN4. The molecule has 4 heterocycles. The van der Waals surface area contributed by atoms with E-state index in [0.717, 1.165) is 34.9 Å². The Morgan fingerprint density at radius 3 is 3.20 bits per heavy atom. The molecule has 106 valence electrons. The second-order valence-electron chi connectivity index (χ2n) is 5.98. The van der Waals surface area contributed by atoms with Crippen molar-refractivity contribution in [1.29, 1.82) is 0 Å². The summed E-state index contributed by atoms with van der Waals surface area (Å²) >= 11 is 6.01. The molecule has 4 nitrogen and oxygen atoms in total. The molecule has 2 aliphatic rings. The van der Waals surface area contributed by atoms with Crippen LogP contribution in [0, 0.1) is 5.92 Å². The maximum Gasteiger partial charge on any atom is 0.137 e. The number of likely N-dealkylation sites (tertiary alicyclic amines) is 1. The van der Waals surface area contributed by atoms with Crippen molar-refractivity contribution in [3.63, 3.8) is 0 Å². The number of nitrogens with one attached hydrogen (secondary N) is 1. The molecule has 0 spiro atoms. The number of pyridine rings is 1. The highest BCUT2D eigenvalue weighted by Gasteiger charge is 2.32. The minimum absolute atomic E-state index is 0.749. The number of piperidine rings is 1. The van der Waals surface area contributed by atoms with Gasteiger partial charge in [0.1, 0.15) is 5.65 Å². The van der Waals surface area contributed by atoms with E-state index in [1.54, 1.807) is 0 Å². The van der Waals surface area contributed by atoms with Gasteiger partial charge in [-0.25, -0.2) is 4.98 Å². The number of hydrogen-bond donors (Lipinski definition) is 1. The molecule has 2 fully saturated rings. The minimum atomic E-state index is 0.749. The number of aromatic nitrogens is 2. The standard InChI is InChI=1S/C15H19ClN4/c16-12-1-2-15-18-13(10-20(15)8-12)9-19-6-4-14-11(7-19)3-5-17-14/h1-2,8,10-11,14,17H,3-7,9H2. The number of imidazole rings is 1. The Hall–Kier alpha value is -1.10. The molecule has 2 aliphatic heterocycles. The molecule has 2 aromatic heterocycles. The molecule has 2 saturated heterocycles. The van der Waals surface area contributed by atoms with Crippen LogP contribution in [0.25, 0.3) is 5.65 Å². The molecule has 0 saturated carbocycles. The van der Waals surface area contributed by atoms with Gasteiger partial charge in [-0.2, -0.15) is 0 Å². The molecule has 0 radical (unpaired) electrons. The Bertz CT molecular complexity index is 623. The van der Waals surface area contributed by atoms with Crippen molar-refractivity contribution in [2.24, 2.45) is 5.92 Å². The van der Waals surface area contributed by atoms with Crippen molar-refractivity contribution < 1.29 is 0 Å². The lowest BCUT2D eigenvalue weighted by Gasteiger charge is -2.34. The first-order chi connectivity index (χ1) is 9.78. The van der Waals surface area contributed by atoms with Crippen LogP contribution in [-0.2, 0) is 6.54 Å². The molecule has 0 aromatic carbocycles. The number of fused-ring (bicyclic) bond motifs is 2. The highest BCUT2D eigenvalue weighted by Crippen LogP contribution is 2.25. The molecule has 2 unspecified atom stereocenters. The van der Waals surface area contributed by atoms with Crippen LogP contribution in [0.1, 0.15) is 18.5 Å². The third-order valence-electron chi connectivity index (χ3n) is 4.59. The quantitative estimate of drug-likeness (QED) is 0.920. The van der Waals surface area contributed by atoms with Gasteiger partial charge in [0.2, 0.25) is 0 Å². The van der Waals surface area contributed by atoms with Crippen molar-refractivity contribution in [3.8, 4) is 0 Å². The summed E-state index contributed by atoms with van der Waals surface area (Å²) in [6.45, 7) is 4.51. The minimum Gasteiger partial charge on any atom is -0.314 e. The molecule has 4 rings (SSSR count). The van der Waals surface area contributed by atoms with Gasteiger partial charge in [-0.15, -0.1) is 0 Å². The van der Waals surface area contributed by atoms with Gasteiger partial charge in [-0.05, 0) is 37.4 Å². The molecule has 0 aliphatic carbocycles. The molecule has 20 heavy (non-hydrogen) atoms. The van der Waals surface area contributed by atoms with Crippen molar-refractivity contribution in [1.82, 2.24) is 19.6 Å². The number of hydrogen-bond acceptors (Lipinski definition) is 3. The van der Waals surface area contributed by atoms with E-state index in [1.165, 1.54) is 32.5 Å². The third kappa shape index (κ3) is 2.32. The Labute approximate surface area is 123 Å². The number of halogens is 1. The zero-order chi connectivity index (χ0) is 13.5. The third-order valence-corrected chi connectivity index (χ3v) is 4.81. The summed E-state index contributed by atoms with van der Waals surface area (Å²) in [5.74, 6) is 0.829. The van der Waals surface area contributed by atoms with Gasteiger partial charge < -0.3 is 9.72 Å². The SMILES string of the molecule is Clc1ccc2nc(CN3CCC4NCCC4C3)cn2c1. The van der Waals surface area contributed by atoms with Crippen molar-refractivity contribution in [2.75, 3.05) is 19.6 Å². The van der Waals surface area contributed by atoms with Crippen LogP contribution < -0.4 is 5.32 Å². The van der Waals surface area contributed by atoms with Crippen LogP contribution in [0.15, 0.2) is 24.5 Å². The Morgan fingerprint density at radius 2 is 2.25 bits per heavy atom. The summed E-state index contributed by atoms with van der Waals surface area (Å²) in [6, 6.07) is 4.62. The lowest BCUT2D eigenvalue weighted by atomic mass is 9.93. The second-order valence-corrected chi connectivity index (χ2v) is 6.41. The molecule has 2 atom stereocenters. The van der Waals surface area contributed by atoms with E-state index in [1.807, 2.05) is 22.7 Å². The molecular weight excluding hydrogens is 272 g/mol. The van der Waals surface area contributed by atoms with Crippen LogP contribution in [0.3, 0.4) is 0 Å². The smallest absolute Gasteiger partial charge is 0.137 e. The van der Waals surface area contributed by atoms with Gasteiger partial charge in [-0.1, -0.05) is 11.6 Å². The van der Waals surface area contributed by atoms with E-state index in [2.05, 4.69) is 21.4 Å². The number of nitrogens with zero attached hydrogens (tertiary/aromatic N) is 3. The average molecular weight is 291 g/mol. The fraction of sp³-hybridized carbons (Fsp3) is 0.533. The van der Waals surface area contributed by atoms with E-state index < -0.39 is 0 Å². The molecule has 1 N–H and O–H groups in total. The first-order valence-corrected chi connectivity index (χ1v) is 7.74. The van der Waals surface area contributed by atoms with Gasteiger partial charge in [0, 0.05) is 38.1 Å². The fourth-order valence-electron chi connectivity index (χ4n) is 3.59. The first-order valence-electron chi connectivity index (χ1n) is 7.37. The van der Waals surface area contributed by atoms with Gasteiger partial charge in [-0.3, -0.25) is 4.90 Å². The monoisotopic (exact) mass is 290 g/mol. The van der Waals surface area contributed by atoms with Crippen LogP contribution in [-0.4, -0.2) is 40.0 Å². The zero-order valence-corrected chi connectivity index (χ0v) is 12.2. The molecule has 0 amide bonds. The average Bonchev–Trinajstić information content (AvgIpc) is 3.03. The Morgan fingerprint density at radius 1 is 1.30 bits per heavy atom. The largest absolute Gasteiger partial charge is 0.314 e. The van der Waals surface area contributed by atoms with Gasteiger partial charge in [0.15, 0.2) is 0 Å². The van der Waals surface area contributed by atoms with Crippen molar-refractivity contribution in [3.05, 3.63) is 35.2 Å². The number of rotatable bonds is 2. The normalized spacial score (nSPS) is 27.1. The van der Waals surface area contributed by atoms with Gasteiger partial charge in [0.25, 0.3) is 0 Å². The van der Waals surface area contributed by atoms with E-state index >= 15 is 0 Å². The van der Waals surface area contributed by atoms with Crippen LogP contribution in [0.4, 0.5) is 0 Å². The predicted molar refractivity (Wildman–Crippen MR) is 80.0 cm³/mol. The van der Waals surface area contributed by atoms with Crippen LogP contribution in [0.5, 0.6) is 0 Å². The lowest BCUT2D eigenvalue weighted by molar-refractivity contribution is 0.154. The molecule has 0 bridgehead atoms. The van der Waals surface area contributed by atoms with Crippen LogP contribution in [0.2, 0.25) is 5.02 Å². The second kappa shape index (κ2) is 5.02. The fourth-order valence-corrected chi connectivity index (χ4v) is 3.76. The zero-order valence-electron chi connectivity index (χ0n) is 11.4. The van der Waals surface area contributed by atoms with Gasteiger partial charge in [0.05, 0.1) is 10.7 Å². The topological polar surface area (TPSA) is 32.6 Å². The highest BCUT2D eigenvalue weighted by atomic mass is 35.5. The van der Waals surface area contributed by atoms with E-state index in [0.29, 0.717) is 0 Å². The van der Waals surface area contributed by atoms with Crippen molar-refractivity contribution >= 4 is 17.2 Å². The summed E-state index contributed by atoms with van der Waals surface area (Å²) in [5.41, 5.74) is 2.11. The van der Waals surface area contributed by atoms with Crippen molar-refractivity contribution in [2.45, 2.75) is 25.4 Å². The predicted octanol–water partition coefficient (Wildman–Crippen LogP) is 2.17. The van der Waals surface area contributed by atoms with E-state index in [-0.39, 0.29) is 0 Å². The molecule has 2 aromatic rings.